The van der Waals surface area contributed by atoms with E-state index in [1.807, 2.05) is 0 Å². The molecule has 1 aromatic heterocycles. The van der Waals surface area contributed by atoms with E-state index in [2.05, 4.69) is 63.1 Å². The molecule has 0 amide bonds. The summed E-state index contributed by atoms with van der Waals surface area (Å²) in [5.74, 6) is 2.54. The summed E-state index contributed by atoms with van der Waals surface area (Å²) >= 11 is 4.33. The number of hydrogen-bond donors (Lipinski definition) is 1. The van der Waals surface area contributed by atoms with Crippen molar-refractivity contribution in [3.05, 3.63) is 29.6 Å². The van der Waals surface area contributed by atoms with Crippen LogP contribution < -0.4 is 0 Å². The predicted molar refractivity (Wildman–Crippen MR) is 81.8 cm³/mol. The van der Waals surface area contributed by atoms with Crippen LogP contribution in [0.2, 0.25) is 0 Å². The van der Waals surface area contributed by atoms with E-state index < -0.39 is 0 Å². The molecule has 2 aromatic rings. The van der Waals surface area contributed by atoms with Gasteiger partial charge in [-0.3, -0.25) is 0 Å². The highest BCUT2D eigenvalue weighted by atomic mass is 32.1. The average Bonchev–Trinajstić information content (AvgIpc) is 2.66. The number of fused-ring (bicyclic) bond motifs is 1. The molecule has 0 spiro atoms. The maximum Gasteiger partial charge on any atom is 0.110 e. The summed E-state index contributed by atoms with van der Waals surface area (Å²) in [6.07, 6.45) is 0.924. The van der Waals surface area contributed by atoms with Gasteiger partial charge in [0.2, 0.25) is 0 Å². The van der Waals surface area contributed by atoms with Crippen molar-refractivity contribution < 1.29 is 0 Å². The molecule has 0 bridgehead atoms. The van der Waals surface area contributed by atoms with Gasteiger partial charge in [0.15, 0.2) is 0 Å². The molecule has 1 aromatic carbocycles. The summed E-state index contributed by atoms with van der Waals surface area (Å²) in [5, 5.41) is 0. The van der Waals surface area contributed by atoms with Crippen LogP contribution in [-0.2, 0) is 6.42 Å². The van der Waals surface area contributed by atoms with Crippen LogP contribution in [0, 0.1) is 0 Å². The zero-order chi connectivity index (χ0) is 13.3. The molecule has 0 aliphatic carbocycles. The van der Waals surface area contributed by atoms with Crippen molar-refractivity contribution in [2.45, 2.75) is 46.1 Å². The number of aromatic nitrogens is 2. The van der Waals surface area contributed by atoms with E-state index in [0.29, 0.717) is 12.0 Å². The normalized spacial score (nSPS) is 11.9. The third-order valence-corrected chi connectivity index (χ3v) is 3.53. The fourth-order valence-corrected chi connectivity index (χ4v) is 2.58. The molecule has 0 unspecified atom stereocenters. The van der Waals surface area contributed by atoms with Crippen molar-refractivity contribution in [3.63, 3.8) is 0 Å². The maximum absolute atomic E-state index is 4.78. The highest BCUT2D eigenvalue weighted by molar-refractivity contribution is 7.80. The molecule has 0 saturated heterocycles. The number of hydrogen-bond acceptors (Lipinski definition) is 2. The van der Waals surface area contributed by atoms with E-state index >= 15 is 0 Å². The second-order valence-corrected chi connectivity index (χ2v) is 5.82. The number of nitrogens with zero attached hydrogens (tertiary/aromatic N) is 2. The van der Waals surface area contributed by atoms with Gasteiger partial charge in [-0.1, -0.05) is 19.9 Å². The average molecular weight is 262 g/mol. The molecule has 18 heavy (non-hydrogen) atoms. The topological polar surface area (TPSA) is 17.8 Å². The number of benzene rings is 1. The minimum Gasteiger partial charge on any atom is -0.325 e. The summed E-state index contributed by atoms with van der Waals surface area (Å²) < 4.78 is 2.33. The number of imidazole rings is 1. The Bertz CT molecular complexity index is 541. The van der Waals surface area contributed by atoms with Gasteiger partial charge in [0, 0.05) is 12.5 Å². The molecule has 0 N–H and O–H groups in total. The monoisotopic (exact) mass is 262 g/mol. The van der Waals surface area contributed by atoms with Crippen LogP contribution in [-0.4, -0.2) is 15.3 Å². The molecular formula is C15H22N2S. The van der Waals surface area contributed by atoms with E-state index in [1.54, 1.807) is 0 Å². The second-order valence-electron chi connectivity index (χ2n) is 5.37. The number of rotatable bonds is 4. The summed E-state index contributed by atoms with van der Waals surface area (Å²) in [6, 6.07) is 7.09. The quantitative estimate of drug-likeness (QED) is 0.817. The van der Waals surface area contributed by atoms with Crippen molar-refractivity contribution in [1.29, 1.82) is 0 Å². The van der Waals surface area contributed by atoms with Crippen LogP contribution in [0.3, 0.4) is 0 Å². The third kappa shape index (κ3) is 2.41. The van der Waals surface area contributed by atoms with Crippen LogP contribution in [0.15, 0.2) is 18.2 Å². The molecule has 0 saturated carbocycles. The largest absolute Gasteiger partial charge is 0.325 e. The van der Waals surface area contributed by atoms with Crippen LogP contribution in [0.1, 0.15) is 51.0 Å². The Labute approximate surface area is 115 Å². The first-order chi connectivity index (χ1) is 8.54. The molecule has 0 radical (unpaired) electrons. The van der Waals surface area contributed by atoms with Crippen molar-refractivity contribution in [3.8, 4) is 0 Å². The lowest BCUT2D eigenvalue weighted by atomic mass is 10.0. The summed E-state index contributed by atoms with van der Waals surface area (Å²) in [7, 11) is 0. The van der Waals surface area contributed by atoms with Gasteiger partial charge in [0.25, 0.3) is 0 Å². The minimum atomic E-state index is 0.440. The number of thiol groups is 1. The lowest BCUT2D eigenvalue weighted by Crippen LogP contribution is -2.06. The van der Waals surface area contributed by atoms with Gasteiger partial charge in [0.05, 0.1) is 11.0 Å². The van der Waals surface area contributed by atoms with Crippen molar-refractivity contribution in [2.24, 2.45) is 0 Å². The Balaban J connectivity index is 2.60. The maximum atomic E-state index is 4.78. The highest BCUT2D eigenvalue weighted by Gasteiger charge is 2.13. The van der Waals surface area contributed by atoms with E-state index in [0.717, 1.165) is 23.5 Å². The van der Waals surface area contributed by atoms with Crippen molar-refractivity contribution in [2.75, 3.05) is 5.75 Å². The van der Waals surface area contributed by atoms with Crippen LogP contribution in [0.25, 0.3) is 11.0 Å². The van der Waals surface area contributed by atoms with E-state index in [9.17, 15) is 0 Å². The van der Waals surface area contributed by atoms with Crippen molar-refractivity contribution in [1.82, 2.24) is 9.55 Å². The van der Waals surface area contributed by atoms with E-state index in [-0.39, 0.29) is 0 Å². The first kappa shape index (κ1) is 13.5. The summed E-state index contributed by atoms with van der Waals surface area (Å²) in [5.41, 5.74) is 3.71. The highest BCUT2D eigenvalue weighted by Crippen LogP contribution is 2.25. The standard InChI is InChI=1S/C15H22N2S/c1-10(2)12-5-6-14-13(9-12)16-15(7-8-18)17(14)11(3)4/h5-6,9-11,18H,7-8H2,1-4H3. The second kappa shape index (κ2) is 5.35. The van der Waals surface area contributed by atoms with Gasteiger partial charge in [0.1, 0.15) is 5.82 Å². The van der Waals surface area contributed by atoms with E-state index in [1.165, 1.54) is 11.1 Å². The number of aryl methyl sites for hydroxylation is 1. The Morgan fingerprint density at radius 1 is 1.22 bits per heavy atom. The minimum absolute atomic E-state index is 0.440. The van der Waals surface area contributed by atoms with Gasteiger partial charge in [-0.2, -0.15) is 12.6 Å². The van der Waals surface area contributed by atoms with Gasteiger partial charge in [-0.25, -0.2) is 4.98 Å². The van der Waals surface area contributed by atoms with Crippen LogP contribution >= 0.6 is 12.6 Å². The summed E-state index contributed by atoms with van der Waals surface area (Å²) in [4.78, 5) is 4.78. The zero-order valence-electron chi connectivity index (χ0n) is 11.6. The van der Waals surface area contributed by atoms with Gasteiger partial charge in [-0.15, -0.1) is 0 Å². The molecule has 0 fully saturated rings. The summed E-state index contributed by atoms with van der Waals surface area (Å²) in [6.45, 7) is 8.85. The van der Waals surface area contributed by atoms with Gasteiger partial charge < -0.3 is 4.57 Å². The first-order valence-corrected chi connectivity index (χ1v) is 7.29. The smallest absolute Gasteiger partial charge is 0.110 e. The molecule has 0 atom stereocenters. The Kier molecular flexibility index (Phi) is 4.00. The van der Waals surface area contributed by atoms with Gasteiger partial charge >= 0.3 is 0 Å². The van der Waals surface area contributed by atoms with Crippen LogP contribution in [0.5, 0.6) is 0 Å². The molecule has 1 heterocycles. The Morgan fingerprint density at radius 3 is 2.50 bits per heavy atom. The fourth-order valence-electron chi connectivity index (χ4n) is 2.38. The molecule has 98 valence electrons. The molecule has 3 heteroatoms. The molecular weight excluding hydrogens is 240 g/mol. The Hall–Kier alpha value is -0.960. The molecule has 2 rings (SSSR count). The Morgan fingerprint density at radius 2 is 1.94 bits per heavy atom. The van der Waals surface area contributed by atoms with Crippen LogP contribution in [0.4, 0.5) is 0 Å². The zero-order valence-corrected chi connectivity index (χ0v) is 12.5. The third-order valence-electron chi connectivity index (χ3n) is 3.31. The fraction of sp³-hybridized carbons (Fsp3) is 0.533. The first-order valence-electron chi connectivity index (χ1n) is 6.66. The lowest BCUT2D eigenvalue weighted by Gasteiger charge is -2.12. The van der Waals surface area contributed by atoms with E-state index in [4.69, 9.17) is 4.98 Å². The molecule has 2 nitrogen and oxygen atoms in total. The van der Waals surface area contributed by atoms with Gasteiger partial charge in [-0.05, 0) is 43.2 Å². The lowest BCUT2D eigenvalue weighted by molar-refractivity contribution is 0.589. The molecule has 0 aliphatic rings. The predicted octanol–water partition coefficient (Wildman–Crippen LogP) is 4.21. The van der Waals surface area contributed by atoms with Crippen molar-refractivity contribution >= 4 is 23.7 Å². The SMILES string of the molecule is CC(C)c1ccc2c(c1)nc(CCS)n2C(C)C. The molecule has 0 aliphatic heterocycles.